The highest BCUT2D eigenvalue weighted by Gasteiger charge is 2.34. The molecule has 0 aromatic heterocycles. The summed E-state index contributed by atoms with van der Waals surface area (Å²) in [6, 6.07) is 17.0. The van der Waals surface area contributed by atoms with E-state index in [-0.39, 0.29) is 18.3 Å². The second-order valence-electron chi connectivity index (χ2n) is 9.93. The molecule has 3 atom stereocenters. The van der Waals surface area contributed by atoms with E-state index >= 15 is 0 Å². The monoisotopic (exact) mass is 474 g/mol. The van der Waals surface area contributed by atoms with E-state index in [1.165, 1.54) is 54.4 Å². The fraction of sp³-hybridized carbons (Fsp3) is 0.484. The van der Waals surface area contributed by atoms with Crippen LogP contribution in [0.4, 0.5) is 0 Å². The van der Waals surface area contributed by atoms with Crippen molar-refractivity contribution in [3.8, 4) is 11.5 Å². The summed E-state index contributed by atoms with van der Waals surface area (Å²) in [4.78, 5) is 0. The topological polar surface area (TPSA) is 43.5 Å². The summed E-state index contributed by atoms with van der Waals surface area (Å²) in [5.41, 5.74) is 5.25. The number of benzene rings is 2. The lowest BCUT2D eigenvalue weighted by molar-refractivity contribution is 0.147. The summed E-state index contributed by atoms with van der Waals surface area (Å²) in [5, 5.41) is 0. The fourth-order valence-electron chi connectivity index (χ4n) is 4.72. The summed E-state index contributed by atoms with van der Waals surface area (Å²) in [6.45, 7) is 4.56. The van der Waals surface area contributed by atoms with Gasteiger partial charge >= 0.3 is 0 Å². The lowest BCUT2D eigenvalue weighted by atomic mass is 9.90. The largest absolute Gasteiger partial charge is 0.491 e. The number of hydrogen-bond donors (Lipinski definition) is 0. The first-order valence-electron chi connectivity index (χ1n) is 13.4. The van der Waals surface area contributed by atoms with E-state index in [0.717, 1.165) is 44.0 Å². The van der Waals surface area contributed by atoms with Gasteiger partial charge in [-0.25, -0.2) is 0 Å². The molecule has 0 saturated carbocycles. The Morgan fingerprint density at radius 3 is 2.26 bits per heavy atom. The first-order valence-corrected chi connectivity index (χ1v) is 13.4. The zero-order valence-corrected chi connectivity index (χ0v) is 20.9. The van der Waals surface area contributed by atoms with E-state index in [1.54, 1.807) is 0 Å². The van der Waals surface area contributed by atoms with Gasteiger partial charge in [-0.15, -0.1) is 0 Å². The van der Waals surface area contributed by atoms with Gasteiger partial charge in [-0.3, -0.25) is 0 Å². The van der Waals surface area contributed by atoms with Crippen LogP contribution in [-0.4, -0.2) is 38.1 Å². The molecule has 2 aromatic rings. The first kappa shape index (κ1) is 24.1. The Labute approximate surface area is 209 Å². The highest BCUT2D eigenvalue weighted by molar-refractivity contribution is 5.78. The molecule has 1 aliphatic carbocycles. The minimum atomic E-state index is 0.169. The zero-order valence-electron chi connectivity index (χ0n) is 20.9. The van der Waals surface area contributed by atoms with E-state index in [1.807, 2.05) is 0 Å². The molecule has 4 heteroatoms. The van der Waals surface area contributed by atoms with Crippen LogP contribution in [0.5, 0.6) is 11.5 Å². The van der Waals surface area contributed by atoms with Crippen molar-refractivity contribution in [2.45, 2.75) is 76.6 Å². The van der Waals surface area contributed by atoms with Crippen LogP contribution in [0, 0.1) is 0 Å². The molecule has 0 N–H and O–H groups in total. The highest BCUT2D eigenvalue weighted by atomic mass is 16.6. The van der Waals surface area contributed by atoms with Gasteiger partial charge in [0.05, 0.1) is 13.2 Å². The minimum absolute atomic E-state index is 0.169. The fourth-order valence-corrected chi connectivity index (χ4v) is 4.72. The Morgan fingerprint density at radius 1 is 0.829 bits per heavy atom. The Morgan fingerprint density at radius 2 is 1.57 bits per heavy atom. The Hall–Kier alpha value is -2.56. The molecule has 5 rings (SSSR count). The van der Waals surface area contributed by atoms with Crippen LogP contribution in [0.25, 0.3) is 11.1 Å². The quantitative estimate of drug-likeness (QED) is 0.214. The summed E-state index contributed by atoms with van der Waals surface area (Å²) in [6.07, 6.45) is 14.8. The van der Waals surface area contributed by atoms with Gasteiger partial charge < -0.3 is 18.9 Å². The van der Waals surface area contributed by atoms with Gasteiger partial charge in [0.15, 0.2) is 0 Å². The molecule has 4 nitrogen and oxygen atoms in total. The summed E-state index contributed by atoms with van der Waals surface area (Å²) < 4.78 is 23.0. The van der Waals surface area contributed by atoms with Crippen molar-refractivity contribution in [2.24, 2.45) is 0 Å². The van der Waals surface area contributed by atoms with E-state index < -0.39 is 0 Å². The molecule has 0 radical (unpaired) electrons. The molecular weight excluding hydrogens is 436 g/mol. The lowest BCUT2D eigenvalue weighted by Crippen LogP contribution is -2.23. The molecule has 2 aliphatic heterocycles. The third-order valence-corrected chi connectivity index (χ3v) is 7.07. The van der Waals surface area contributed by atoms with Crippen molar-refractivity contribution >= 4 is 11.1 Å². The zero-order chi connectivity index (χ0) is 23.9. The van der Waals surface area contributed by atoms with Gasteiger partial charge in [-0.1, -0.05) is 69.0 Å². The number of rotatable bonds is 14. The van der Waals surface area contributed by atoms with E-state index in [2.05, 4.69) is 67.6 Å². The molecule has 2 aromatic carbocycles. The van der Waals surface area contributed by atoms with Crippen LogP contribution >= 0.6 is 0 Å². The molecule has 2 fully saturated rings. The predicted molar refractivity (Wildman–Crippen MR) is 141 cm³/mol. The standard InChI is InChI=1S/C31H38O4/c1-2-3-4-5-6-10-30(31-22-34-31)35-28-9-7-8-26(19-28)25-13-11-23(12-14-25)24-15-17-27(18-16-24)32-20-29-21-33-29/h7-9,11,13,15-19,29-31H,2-6,10,12,14,20-22H2,1H3. The van der Waals surface area contributed by atoms with Crippen molar-refractivity contribution in [2.75, 3.05) is 19.8 Å². The Bertz CT molecular complexity index is 1010. The first-order chi connectivity index (χ1) is 17.3. The van der Waals surface area contributed by atoms with Gasteiger partial charge in [0.2, 0.25) is 0 Å². The molecule has 3 aliphatic rings. The van der Waals surface area contributed by atoms with Crippen LogP contribution in [0.15, 0.2) is 60.7 Å². The number of epoxide rings is 2. The van der Waals surface area contributed by atoms with Gasteiger partial charge in [0, 0.05) is 0 Å². The predicted octanol–water partition coefficient (Wildman–Crippen LogP) is 7.23. The van der Waals surface area contributed by atoms with Crippen molar-refractivity contribution in [1.82, 2.24) is 0 Å². The second-order valence-corrected chi connectivity index (χ2v) is 9.93. The van der Waals surface area contributed by atoms with Crippen molar-refractivity contribution in [3.05, 3.63) is 71.8 Å². The van der Waals surface area contributed by atoms with Crippen molar-refractivity contribution in [3.63, 3.8) is 0 Å². The molecule has 2 saturated heterocycles. The SMILES string of the molecule is CCCCCCCC(Oc1cccc(C2=CC=C(c3ccc(OCC4CO4)cc3)CC2)c1)C1CO1. The minimum Gasteiger partial charge on any atom is -0.491 e. The van der Waals surface area contributed by atoms with Crippen LogP contribution in [0.2, 0.25) is 0 Å². The Kier molecular flexibility index (Phi) is 8.22. The number of ether oxygens (including phenoxy) is 4. The van der Waals surface area contributed by atoms with Gasteiger partial charge in [0.1, 0.15) is 36.4 Å². The molecule has 0 spiro atoms. The normalized spacial score (nSPS) is 21.6. The molecule has 186 valence electrons. The van der Waals surface area contributed by atoms with Gasteiger partial charge in [0.25, 0.3) is 0 Å². The molecule has 0 bridgehead atoms. The third kappa shape index (κ3) is 7.22. The maximum Gasteiger partial charge on any atom is 0.127 e. The molecule has 3 unspecified atom stereocenters. The number of hydrogen-bond acceptors (Lipinski definition) is 4. The van der Waals surface area contributed by atoms with Crippen LogP contribution in [0.1, 0.15) is 69.4 Å². The molecule has 35 heavy (non-hydrogen) atoms. The maximum atomic E-state index is 6.43. The summed E-state index contributed by atoms with van der Waals surface area (Å²) in [7, 11) is 0. The average Bonchev–Trinajstić information content (AvgIpc) is 3.82. The maximum absolute atomic E-state index is 6.43. The second kappa shape index (κ2) is 11.9. The summed E-state index contributed by atoms with van der Waals surface area (Å²) >= 11 is 0. The Balaban J connectivity index is 1.18. The average molecular weight is 475 g/mol. The highest BCUT2D eigenvalue weighted by Crippen LogP contribution is 2.34. The molecule has 2 heterocycles. The molecular formula is C31H38O4. The summed E-state index contributed by atoms with van der Waals surface area (Å²) in [5.74, 6) is 1.86. The van der Waals surface area contributed by atoms with E-state index in [4.69, 9.17) is 18.9 Å². The van der Waals surface area contributed by atoms with Gasteiger partial charge in [-0.05, 0) is 72.2 Å². The van der Waals surface area contributed by atoms with Crippen molar-refractivity contribution < 1.29 is 18.9 Å². The van der Waals surface area contributed by atoms with E-state index in [0.29, 0.717) is 6.61 Å². The van der Waals surface area contributed by atoms with Crippen molar-refractivity contribution in [1.29, 1.82) is 0 Å². The smallest absolute Gasteiger partial charge is 0.127 e. The lowest BCUT2D eigenvalue weighted by Gasteiger charge is -2.19. The third-order valence-electron chi connectivity index (χ3n) is 7.07. The van der Waals surface area contributed by atoms with Gasteiger partial charge in [-0.2, -0.15) is 0 Å². The molecule has 0 amide bonds. The number of unbranched alkanes of at least 4 members (excludes halogenated alkanes) is 4. The van der Waals surface area contributed by atoms with Crippen LogP contribution in [-0.2, 0) is 9.47 Å². The van der Waals surface area contributed by atoms with Crippen LogP contribution < -0.4 is 9.47 Å². The van der Waals surface area contributed by atoms with E-state index in [9.17, 15) is 0 Å². The number of allylic oxidation sites excluding steroid dienone is 4. The van der Waals surface area contributed by atoms with Crippen LogP contribution in [0.3, 0.4) is 0 Å².